The van der Waals surface area contributed by atoms with E-state index in [2.05, 4.69) is 15.0 Å². The van der Waals surface area contributed by atoms with E-state index in [4.69, 9.17) is 5.73 Å². The number of aliphatic imine (C=N–C) groups is 1. The van der Waals surface area contributed by atoms with Crippen molar-refractivity contribution in [3.63, 3.8) is 0 Å². The molecule has 0 aliphatic heterocycles. The van der Waals surface area contributed by atoms with Crippen LogP contribution < -0.4 is 10.6 Å². The fraction of sp³-hybridized carbons (Fsp3) is 0.364. The maximum atomic E-state index is 6.10. The molecule has 0 saturated heterocycles. The van der Waals surface area contributed by atoms with Gasteiger partial charge in [-0.25, -0.2) is 19.9 Å². The fourth-order valence-electron chi connectivity index (χ4n) is 1.32. The summed E-state index contributed by atoms with van der Waals surface area (Å²) in [7, 11) is 0. The number of hydrogen-bond donors (Lipinski definition) is 1. The number of hydrogen-bond acceptors (Lipinski definition) is 5. The molecule has 0 aliphatic rings. The van der Waals surface area contributed by atoms with Crippen LogP contribution in [0.4, 0.5) is 10.3 Å². The molecule has 0 amide bonds. The molecular formula is C11H15N5S2. The first-order valence-corrected chi connectivity index (χ1v) is 7.18. The van der Waals surface area contributed by atoms with Crippen molar-refractivity contribution in [2.45, 2.75) is 26.3 Å². The number of nitrogens with two attached hydrogens (primary N) is 1. The van der Waals surface area contributed by atoms with Crippen molar-refractivity contribution in [3.05, 3.63) is 23.2 Å². The van der Waals surface area contributed by atoms with Gasteiger partial charge in [0.1, 0.15) is 0 Å². The molecule has 2 aromatic rings. The number of thiazole rings is 2. The second-order valence-electron chi connectivity index (χ2n) is 4.61. The summed E-state index contributed by atoms with van der Waals surface area (Å²) in [6.07, 6.45) is 3.48. The topological polar surface area (TPSA) is 67.4 Å². The lowest BCUT2D eigenvalue weighted by Crippen LogP contribution is -2.35. The van der Waals surface area contributed by atoms with Crippen LogP contribution in [0.2, 0.25) is 0 Å². The molecule has 0 bridgehead atoms. The van der Waals surface area contributed by atoms with Gasteiger partial charge in [-0.05, 0) is 20.8 Å². The van der Waals surface area contributed by atoms with Gasteiger partial charge in [0, 0.05) is 23.2 Å². The van der Waals surface area contributed by atoms with Gasteiger partial charge in [0.15, 0.2) is 10.3 Å². The van der Waals surface area contributed by atoms with Crippen molar-refractivity contribution in [2.24, 2.45) is 10.7 Å². The van der Waals surface area contributed by atoms with Gasteiger partial charge in [0.05, 0.1) is 5.54 Å². The smallest absolute Gasteiger partial charge is 0.204 e. The summed E-state index contributed by atoms with van der Waals surface area (Å²) >= 11 is 3.01. The van der Waals surface area contributed by atoms with E-state index in [1.54, 1.807) is 17.3 Å². The molecule has 0 aromatic carbocycles. The van der Waals surface area contributed by atoms with Gasteiger partial charge < -0.3 is 5.73 Å². The third-order valence-corrected chi connectivity index (χ3v) is 3.41. The third-order valence-electron chi connectivity index (χ3n) is 1.90. The van der Waals surface area contributed by atoms with Gasteiger partial charge in [-0.1, -0.05) is 0 Å². The van der Waals surface area contributed by atoms with Crippen molar-refractivity contribution in [2.75, 3.05) is 4.90 Å². The number of rotatable bonds is 2. The highest BCUT2D eigenvalue weighted by molar-refractivity contribution is 7.16. The van der Waals surface area contributed by atoms with E-state index in [1.807, 2.05) is 31.5 Å². The predicted molar refractivity (Wildman–Crippen MR) is 77.7 cm³/mol. The van der Waals surface area contributed by atoms with Gasteiger partial charge in [-0.2, -0.15) is 0 Å². The highest BCUT2D eigenvalue weighted by Gasteiger charge is 2.20. The summed E-state index contributed by atoms with van der Waals surface area (Å²) in [5.41, 5.74) is 5.86. The zero-order valence-electron chi connectivity index (χ0n) is 10.5. The second-order valence-corrected chi connectivity index (χ2v) is 6.35. The molecular weight excluding hydrogens is 266 g/mol. The first kappa shape index (κ1) is 13.0. The monoisotopic (exact) mass is 281 g/mol. The number of nitrogens with zero attached hydrogens (tertiary/aromatic N) is 4. The Morgan fingerprint density at radius 1 is 1.17 bits per heavy atom. The molecule has 0 saturated carbocycles. The summed E-state index contributed by atoms with van der Waals surface area (Å²) in [4.78, 5) is 14.8. The van der Waals surface area contributed by atoms with Crippen molar-refractivity contribution in [1.82, 2.24) is 9.97 Å². The SMILES string of the molecule is CC(C)(C)N=C(N)N(c1nccs1)c1nccs1. The van der Waals surface area contributed by atoms with E-state index in [0.717, 1.165) is 10.3 Å². The predicted octanol–water partition coefficient (Wildman–Crippen LogP) is 2.85. The summed E-state index contributed by atoms with van der Waals surface area (Å²) in [6, 6.07) is 0. The molecule has 0 spiro atoms. The summed E-state index contributed by atoms with van der Waals surface area (Å²) in [5, 5.41) is 5.35. The van der Waals surface area contributed by atoms with Crippen LogP contribution in [0.25, 0.3) is 0 Å². The maximum absolute atomic E-state index is 6.10. The first-order chi connectivity index (χ1) is 8.47. The van der Waals surface area contributed by atoms with Crippen LogP contribution in [0.5, 0.6) is 0 Å². The van der Waals surface area contributed by atoms with Crippen LogP contribution in [0, 0.1) is 0 Å². The molecule has 18 heavy (non-hydrogen) atoms. The van der Waals surface area contributed by atoms with Crippen LogP contribution >= 0.6 is 22.7 Å². The van der Waals surface area contributed by atoms with Crippen LogP contribution in [0.3, 0.4) is 0 Å². The average molecular weight is 281 g/mol. The minimum atomic E-state index is -0.239. The first-order valence-electron chi connectivity index (χ1n) is 5.42. The average Bonchev–Trinajstić information content (AvgIpc) is 2.87. The number of guanidine groups is 1. The van der Waals surface area contributed by atoms with Gasteiger partial charge in [0.2, 0.25) is 5.96 Å². The van der Waals surface area contributed by atoms with E-state index in [-0.39, 0.29) is 5.54 Å². The Hall–Kier alpha value is -1.47. The lowest BCUT2D eigenvalue weighted by Gasteiger charge is -2.21. The Balaban J connectivity index is 2.41. The molecule has 0 fully saturated rings. The lowest BCUT2D eigenvalue weighted by atomic mass is 10.1. The molecule has 96 valence electrons. The molecule has 5 nitrogen and oxygen atoms in total. The van der Waals surface area contributed by atoms with Crippen LogP contribution in [-0.2, 0) is 0 Å². The highest BCUT2D eigenvalue weighted by atomic mass is 32.1. The molecule has 0 aliphatic carbocycles. The Morgan fingerprint density at radius 2 is 1.67 bits per heavy atom. The van der Waals surface area contributed by atoms with E-state index in [1.165, 1.54) is 22.7 Å². The summed E-state index contributed by atoms with van der Waals surface area (Å²) in [5.74, 6) is 0.410. The molecule has 7 heteroatoms. The molecule has 2 N–H and O–H groups in total. The van der Waals surface area contributed by atoms with Crippen LogP contribution in [-0.4, -0.2) is 21.5 Å². The van der Waals surface area contributed by atoms with Crippen molar-refractivity contribution in [3.8, 4) is 0 Å². The minimum absolute atomic E-state index is 0.239. The van der Waals surface area contributed by atoms with E-state index < -0.39 is 0 Å². The largest absolute Gasteiger partial charge is 0.369 e. The zero-order chi connectivity index (χ0) is 13.2. The molecule has 0 atom stereocenters. The van der Waals surface area contributed by atoms with Crippen molar-refractivity contribution in [1.29, 1.82) is 0 Å². The molecule has 2 heterocycles. The van der Waals surface area contributed by atoms with Gasteiger partial charge >= 0.3 is 0 Å². The second kappa shape index (κ2) is 5.03. The van der Waals surface area contributed by atoms with Gasteiger partial charge in [-0.15, -0.1) is 22.7 Å². The van der Waals surface area contributed by atoms with Gasteiger partial charge in [-0.3, -0.25) is 0 Å². The maximum Gasteiger partial charge on any atom is 0.204 e. The number of aromatic nitrogens is 2. The Labute approximate surface area is 114 Å². The van der Waals surface area contributed by atoms with E-state index in [0.29, 0.717) is 5.96 Å². The Kier molecular flexibility index (Phi) is 3.63. The fourth-order valence-corrected chi connectivity index (χ4v) is 2.68. The minimum Gasteiger partial charge on any atom is -0.369 e. The van der Waals surface area contributed by atoms with Crippen molar-refractivity contribution < 1.29 is 0 Å². The highest BCUT2D eigenvalue weighted by Crippen LogP contribution is 2.29. The van der Waals surface area contributed by atoms with Crippen LogP contribution in [0.1, 0.15) is 20.8 Å². The standard InChI is InChI=1S/C11H15N5S2/c1-11(2,3)15-8(12)16(9-13-4-6-17-9)10-14-5-7-18-10/h4-7H,1-3H3,(H2,12,15). The van der Waals surface area contributed by atoms with Crippen LogP contribution in [0.15, 0.2) is 28.1 Å². The molecule has 0 radical (unpaired) electrons. The summed E-state index contributed by atoms with van der Waals surface area (Å²) < 4.78 is 0. The quantitative estimate of drug-likeness (QED) is 0.679. The number of anilines is 2. The normalized spacial score (nSPS) is 12.7. The van der Waals surface area contributed by atoms with E-state index >= 15 is 0 Å². The summed E-state index contributed by atoms with van der Waals surface area (Å²) in [6.45, 7) is 6.01. The molecule has 0 unspecified atom stereocenters. The zero-order valence-corrected chi connectivity index (χ0v) is 12.1. The van der Waals surface area contributed by atoms with Crippen molar-refractivity contribution >= 4 is 38.9 Å². The Morgan fingerprint density at radius 3 is 2.00 bits per heavy atom. The van der Waals surface area contributed by atoms with E-state index in [9.17, 15) is 0 Å². The third kappa shape index (κ3) is 3.05. The van der Waals surface area contributed by atoms with Gasteiger partial charge in [0.25, 0.3) is 0 Å². The Bertz CT molecular complexity index is 476. The molecule has 2 aromatic heterocycles. The lowest BCUT2D eigenvalue weighted by molar-refractivity contribution is 0.581. The molecule has 2 rings (SSSR count).